The first kappa shape index (κ1) is 15.2. The Kier molecular flexibility index (Phi) is 5.41. The lowest BCUT2D eigenvalue weighted by Gasteiger charge is -2.23. The Bertz CT molecular complexity index is 426. The zero-order valence-electron chi connectivity index (χ0n) is 10.2. The van der Waals surface area contributed by atoms with Crippen molar-refractivity contribution in [3.05, 3.63) is 35.4 Å². The molecule has 1 aromatic rings. The van der Waals surface area contributed by atoms with Crippen molar-refractivity contribution in [2.75, 3.05) is 13.2 Å². The molecule has 0 radical (unpaired) electrons. The Hall–Kier alpha value is -0.810. The summed E-state index contributed by atoms with van der Waals surface area (Å²) < 4.78 is 49.4. The van der Waals surface area contributed by atoms with Crippen molar-refractivity contribution in [2.24, 2.45) is 5.73 Å². The van der Waals surface area contributed by atoms with Gasteiger partial charge in [0.1, 0.15) is 17.4 Å². The van der Waals surface area contributed by atoms with E-state index in [0.717, 1.165) is 12.1 Å². The standard InChI is InChI=1S/C11H16F2NO3P/c1-3-16-18(15,17-4-2)11(14)10-8(12)6-5-7-9(10)13/h5-7,11H,3-4,14H2,1-2H3/t11-/m0/s1. The van der Waals surface area contributed by atoms with Crippen LogP contribution in [0.2, 0.25) is 0 Å². The van der Waals surface area contributed by atoms with Gasteiger partial charge in [-0.3, -0.25) is 4.57 Å². The molecule has 7 heteroatoms. The molecule has 0 unspecified atom stereocenters. The van der Waals surface area contributed by atoms with E-state index in [4.69, 9.17) is 14.8 Å². The summed E-state index contributed by atoms with van der Waals surface area (Å²) in [6, 6.07) is 3.29. The molecular weight excluding hydrogens is 263 g/mol. The summed E-state index contributed by atoms with van der Waals surface area (Å²) in [5, 5.41) is 0. The predicted octanol–water partition coefficient (Wildman–Crippen LogP) is 3.19. The predicted molar refractivity (Wildman–Crippen MR) is 64.1 cm³/mol. The second-order valence-electron chi connectivity index (χ2n) is 3.46. The molecule has 1 aromatic carbocycles. The molecule has 0 aliphatic heterocycles. The van der Waals surface area contributed by atoms with Crippen LogP contribution in [0.4, 0.5) is 8.78 Å². The van der Waals surface area contributed by atoms with Crippen LogP contribution in [0.15, 0.2) is 18.2 Å². The fourth-order valence-electron chi connectivity index (χ4n) is 1.51. The number of hydrogen-bond donors (Lipinski definition) is 1. The SMILES string of the molecule is CCOP(=O)(OCC)[C@H](N)c1c(F)cccc1F. The van der Waals surface area contributed by atoms with E-state index in [1.807, 2.05) is 0 Å². The van der Waals surface area contributed by atoms with Gasteiger partial charge < -0.3 is 14.8 Å². The minimum absolute atomic E-state index is 0.0705. The molecule has 0 amide bonds. The highest BCUT2D eigenvalue weighted by Gasteiger charge is 2.37. The third-order valence-electron chi connectivity index (χ3n) is 2.25. The van der Waals surface area contributed by atoms with Crippen LogP contribution in [0, 0.1) is 11.6 Å². The van der Waals surface area contributed by atoms with E-state index in [2.05, 4.69) is 0 Å². The highest BCUT2D eigenvalue weighted by atomic mass is 31.2. The molecule has 0 aliphatic carbocycles. The molecule has 0 spiro atoms. The molecule has 0 fully saturated rings. The number of nitrogens with two attached hydrogens (primary N) is 1. The van der Waals surface area contributed by atoms with E-state index >= 15 is 0 Å². The van der Waals surface area contributed by atoms with E-state index < -0.39 is 30.6 Å². The quantitative estimate of drug-likeness (QED) is 0.812. The first-order valence-corrected chi connectivity index (χ1v) is 7.15. The molecular formula is C11H16F2NO3P. The van der Waals surface area contributed by atoms with Crippen LogP contribution in [0.25, 0.3) is 0 Å². The molecule has 1 rings (SSSR count). The van der Waals surface area contributed by atoms with Gasteiger partial charge in [0.05, 0.1) is 18.8 Å². The second kappa shape index (κ2) is 6.38. The summed E-state index contributed by atoms with van der Waals surface area (Å²) in [7, 11) is -3.79. The zero-order valence-corrected chi connectivity index (χ0v) is 11.1. The molecule has 4 nitrogen and oxygen atoms in total. The summed E-state index contributed by atoms with van der Waals surface area (Å²) >= 11 is 0. The number of halogens is 2. The van der Waals surface area contributed by atoms with Crippen molar-refractivity contribution in [3.8, 4) is 0 Å². The van der Waals surface area contributed by atoms with Gasteiger partial charge in [-0.05, 0) is 26.0 Å². The van der Waals surface area contributed by atoms with Crippen molar-refractivity contribution in [3.63, 3.8) is 0 Å². The van der Waals surface area contributed by atoms with Gasteiger partial charge in [-0.2, -0.15) is 0 Å². The Morgan fingerprint density at radius 1 is 1.22 bits per heavy atom. The number of rotatable bonds is 6. The topological polar surface area (TPSA) is 61.5 Å². The van der Waals surface area contributed by atoms with Gasteiger partial charge in [0.25, 0.3) is 0 Å². The van der Waals surface area contributed by atoms with E-state index in [1.54, 1.807) is 13.8 Å². The van der Waals surface area contributed by atoms with Crippen molar-refractivity contribution < 1.29 is 22.4 Å². The van der Waals surface area contributed by atoms with Crippen LogP contribution >= 0.6 is 7.60 Å². The Morgan fingerprint density at radius 3 is 2.06 bits per heavy atom. The Morgan fingerprint density at radius 2 is 1.67 bits per heavy atom. The van der Waals surface area contributed by atoms with Gasteiger partial charge in [0.2, 0.25) is 0 Å². The fraction of sp³-hybridized carbons (Fsp3) is 0.455. The lowest BCUT2D eigenvalue weighted by molar-refractivity contribution is 0.211. The first-order chi connectivity index (χ1) is 8.46. The van der Waals surface area contributed by atoms with Crippen LogP contribution in [0.5, 0.6) is 0 Å². The maximum absolute atomic E-state index is 13.6. The van der Waals surface area contributed by atoms with Gasteiger partial charge >= 0.3 is 7.60 Å². The van der Waals surface area contributed by atoms with Crippen LogP contribution in [0.1, 0.15) is 25.2 Å². The molecule has 102 valence electrons. The molecule has 0 aliphatic rings. The summed E-state index contributed by atoms with van der Waals surface area (Å²) in [6.45, 7) is 3.33. The largest absolute Gasteiger partial charge is 0.351 e. The minimum atomic E-state index is -3.79. The summed E-state index contributed by atoms with van der Waals surface area (Å²) in [6.07, 6.45) is 0. The fourth-order valence-corrected chi connectivity index (χ4v) is 3.19. The normalized spacial score (nSPS) is 13.6. The molecule has 0 saturated heterocycles. The summed E-state index contributed by atoms with van der Waals surface area (Å²) in [4.78, 5) is 0. The summed E-state index contributed by atoms with van der Waals surface area (Å²) in [5.74, 6) is -3.23. The number of hydrogen-bond acceptors (Lipinski definition) is 4. The van der Waals surface area contributed by atoms with E-state index in [0.29, 0.717) is 0 Å². The van der Waals surface area contributed by atoms with E-state index in [-0.39, 0.29) is 13.2 Å². The third kappa shape index (κ3) is 3.14. The first-order valence-electron chi connectivity index (χ1n) is 5.54. The van der Waals surface area contributed by atoms with E-state index in [1.165, 1.54) is 6.07 Å². The van der Waals surface area contributed by atoms with Gasteiger partial charge in [-0.1, -0.05) is 6.07 Å². The lowest BCUT2D eigenvalue weighted by Crippen LogP contribution is -2.18. The molecule has 0 bridgehead atoms. The zero-order chi connectivity index (χ0) is 13.8. The number of benzene rings is 1. The molecule has 1 atom stereocenters. The maximum Gasteiger partial charge on any atom is 0.351 e. The van der Waals surface area contributed by atoms with E-state index in [9.17, 15) is 13.3 Å². The third-order valence-corrected chi connectivity index (χ3v) is 4.43. The summed E-state index contributed by atoms with van der Waals surface area (Å²) in [5.41, 5.74) is 5.17. The van der Waals surface area contributed by atoms with Crippen LogP contribution < -0.4 is 5.73 Å². The van der Waals surface area contributed by atoms with Gasteiger partial charge in [0, 0.05) is 0 Å². The van der Waals surface area contributed by atoms with Crippen LogP contribution in [0.3, 0.4) is 0 Å². The smallest absolute Gasteiger partial charge is 0.314 e. The monoisotopic (exact) mass is 279 g/mol. The van der Waals surface area contributed by atoms with Crippen LogP contribution in [-0.2, 0) is 13.6 Å². The molecule has 18 heavy (non-hydrogen) atoms. The van der Waals surface area contributed by atoms with Crippen molar-refractivity contribution >= 4 is 7.60 Å². The van der Waals surface area contributed by atoms with Crippen molar-refractivity contribution in [1.29, 1.82) is 0 Å². The van der Waals surface area contributed by atoms with Crippen molar-refractivity contribution in [1.82, 2.24) is 0 Å². The highest BCUT2D eigenvalue weighted by molar-refractivity contribution is 7.54. The van der Waals surface area contributed by atoms with Gasteiger partial charge in [-0.15, -0.1) is 0 Å². The van der Waals surface area contributed by atoms with Gasteiger partial charge in [-0.25, -0.2) is 8.78 Å². The average Bonchev–Trinajstić information content (AvgIpc) is 2.29. The molecule has 2 N–H and O–H groups in total. The molecule has 0 saturated carbocycles. The molecule has 0 heterocycles. The minimum Gasteiger partial charge on any atom is -0.314 e. The van der Waals surface area contributed by atoms with Crippen LogP contribution in [-0.4, -0.2) is 13.2 Å². The second-order valence-corrected chi connectivity index (χ2v) is 5.61. The lowest BCUT2D eigenvalue weighted by atomic mass is 10.2. The van der Waals surface area contributed by atoms with Crippen molar-refractivity contribution in [2.45, 2.75) is 19.6 Å². The Labute approximate surface area is 105 Å². The van der Waals surface area contributed by atoms with Gasteiger partial charge in [0.15, 0.2) is 0 Å². The average molecular weight is 279 g/mol. The Balaban J connectivity index is 3.17. The molecule has 0 aromatic heterocycles. The highest BCUT2D eigenvalue weighted by Crippen LogP contribution is 2.58. The maximum atomic E-state index is 13.6.